The lowest BCUT2D eigenvalue weighted by molar-refractivity contribution is -0.130. The Morgan fingerprint density at radius 2 is 1.81 bits per heavy atom. The minimum atomic E-state index is -0.218. The molecule has 1 N–H and O–H groups in total. The maximum absolute atomic E-state index is 12.5. The predicted octanol–water partition coefficient (Wildman–Crippen LogP) is 4.89. The van der Waals surface area contributed by atoms with Crippen LogP contribution in [0, 0.1) is 0 Å². The van der Waals surface area contributed by atoms with Crippen molar-refractivity contribution in [3.8, 4) is 11.5 Å². The highest BCUT2D eigenvalue weighted by atomic mass is 35.5. The van der Waals surface area contributed by atoms with Gasteiger partial charge < -0.3 is 19.7 Å². The number of benzene rings is 2. The molecular weight excluding hydrogens is 439 g/mol. The molecule has 2 amide bonds. The monoisotopic (exact) mass is 466 g/mol. The first-order valence-corrected chi connectivity index (χ1v) is 10.9. The van der Waals surface area contributed by atoms with E-state index in [4.69, 9.17) is 32.7 Å². The van der Waals surface area contributed by atoms with Crippen LogP contribution < -0.4 is 14.8 Å². The van der Waals surface area contributed by atoms with Gasteiger partial charge in [0.25, 0.3) is 5.91 Å². The summed E-state index contributed by atoms with van der Waals surface area (Å²) in [7, 11) is 3.36. The van der Waals surface area contributed by atoms with E-state index in [-0.39, 0.29) is 24.5 Å². The van der Waals surface area contributed by atoms with Crippen molar-refractivity contribution in [2.24, 2.45) is 0 Å². The lowest BCUT2D eigenvalue weighted by Crippen LogP contribution is -2.30. The Kier molecular flexibility index (Phi) is 9.95. The molecule has 2 aromatic carbocycles. The minimum Gasteiger partial charge on any atom is -0.492 e. The van der Waals surface area contributed by atoms with Crippen LogP contribution >= 0.6 is 23.2 Å². The zero-order chi connectivity index (χ0) is 22.8. The molecule has 168 valence electrons. The van der Waals surface area contributed by atoms with Crippen LogP contribution in [-0.4, -0.2) is 44.0 Å². The molecule has 8 heteroatoms. The third kappa shape index (κ3) is 7.96. The molecule has 0 saturated carbocycles. The van der Waals surface area contributed by atoms with Crippen LogP contribution in [0.1, 0.15) is 37.8 Å². The molecule has 0 aliphatic heterocycles. The fourth-order valence-corrected chi connectivity index (χ4v) is 3.30. The molecule has 31 heavy (non-hydrogen) atoms. The maximum atomic E-state index is 12.5. The Hall–Kier alpha value is -2.44. The van der Waals surface area contributed by atoms with E-state index in [1.54, 1.807) is 38.4 Å². The van der Waals surface area contributed by atoms with Crippen molar-refractivity contribution in [1.82, 2.24) is 10.2 Å². The van der Waals surface area contributed by atoms with Crippen LogP contribution in [0.2, 0.25) is 10.0 Å². The summed E-state index contributed by atoms with van der Waals surface area (Å²) in [5.41, 5.74) is 0.842. The topological polar surface area (TPSA) is 67.9 Å². The number of amides is 2. The van der Waals surface area contributed by atoms with Gasteiger partial charge in [-0.05, 0) is 37.1 Å². The van der Waals surface area contributed by atoms with E-state index in [9.17, 15) is 9.59 Å². The summed E-state index contributed by atoms with van der Waals surface area (Å²) in [6, 6.07) is 12.2. The van der Waals surface area contributed by atoms with E-state index >= 15 is 0 Å². The molecule has 0 bridgehead atoms. The van der Waals surface area contributed by atoms with Crippen LogP contribution in [0.5, 0.6) is 11.5 Å². The predicted molar refractivity (Wildman–Crippen MR) is 123 cm³/mol. The van der Waals surface area contributed by atoms with E-state index in [2.05, 4.69) is 5.32 Å². The van der Waals surface area contributed by atoms with E-state index < -0.39 is 0 Å². The third-order valence-corrected chi connectivity index (χ3v) is 5.12. The first-order chi connectivity index (χ1) is 14.8. The largest absolute Gasteiger partial charge is 0.492 e. The number of para-hydroxylation sites is 1. The Balaban J connectivity index is 1.87. The molecule has 6 nitrogen and oxygen atoms in total. The number of nitrogens with one attached hydrogen (secondary N) is 1. The van der Waals surface area contributed by atoms with Gasteiger partial charge in [-0.3, -0.25) is 9.59 Å². The van der Waals surface area contributed by atoms with Crippen LogP contribution in [0.3, 0.4) is 0 Å². The summed E-state index contributed by atoms with van der Waals surface area (Å²) in [4.78, 5) is 25.8. The number of nitrogens with zero attached hydrogens (tertiary/aromatic N) is 1. The highest BCUT2D eigenvalue weighted by Crippen LogP contribution is 2.28. The van der Waals surface area contributed by atoms with E-state index in [0.717, 1.165) is 5.56 Å². The molecule has 1 atom stereocenters. The van der Waals surface area contributed by atoms with Gasteiger partial charge >= 0.3 is 0 Å². The second kappa shape index (κ2) is 12.4. The summed E-state index contributed by atoms with van der Waals surface area (Å²) in [5, 5.41) is 4.01. The van der Waals surface area contributed by atoms with Gasteiger partial charge in [-0.15, -0.1) is 0 Å². The van der Waals surface area contributed by atoms with Gasteiger partial charge in [0.2, 0.25) is 5.91 Å². The van der Waals surface area contributed by atoms with E-state index in [0.29, 0.717) is 47.4 Å². The number of hydrogen-bond donors (Lipinski definition) is 1. The van der Waals surface area contributed by atoms with Crippen LogP contribution in [-0.2, 0) is 9.59 Å². The molecule has 0 aliphatic carbocycles. The average Bonchev–Trinajstić information content (AvgIpc) is 2.74. The van der Waals surface area contributed by atoms with Crippen molar-refractivity contribution in [2.45, 2.75) is 32.2 Å². The molecule has 0 saturated heterocycles. The van der Waals surface area contributed by atoms with Gasteiger partial charge in [-0.25, -0.2) is 0 Å². The summed E-state index contributed by atoms with van der Waals surface area (Å²) in [5.74, 6) is 0.909. The fraction of sp³-hybridized carbons (Fsp3) is 0.391. The first kappa shape index (κ1) is 24.8. The highest BCUT2D eigenvalue weighted by Gasteiger charge is 2.18. The average molecular weight is 467 g/mol. The second-order valence-electron chi connectivity index (χ2n) is 7.17. The summed E-state index contributed by atoms with van der Waals surface area (Å²) in [6.45, 7) is 2.29. The van der Waals surface area contributed by atoms with Gasteiger partial charge in [0.05, 0.1) is 17.7 Å². The zero-order valence-electron chi connectivity index (χ0n) is 18.0. The molecule has 0 heterocycles. The SMILES string of the molecule is CCC(NC(=O)CCCOc1ccc(Cl)cc1Cl)c1ccccc1OCC(=O)N(C)C. The Bertz CT molecular complexity index is 890. The smallest absolute Gasteiger partial charge is 0.259 e. The quantitative estimate of drug-likeness (QED) is 0.478. The Morgan fingerprint density at radius 1 is 1.06 bits per heavy atom. The Morgan fingerprint density at radius 3 is 2.48 bits per heavy atom. The van der Waals surface area contributed by atoms with Crippen molar-refractivity contribution in [2.75, 3.05) is 27.3 Å². The minimum absolute atomic E-state index is 0.0566. The lowest BCUT2D eigenvalue weighted by atomic mass is 10.0. The van der Waals surface area contributed by atoms with Crippen molar-refractivity contribution in [3.63, 3.8) is 0 Å². The number of hydrogen-bond acceptors (Lipinski definition) is 4. The molecule has 2 aromatic rings. The van der Waals surface area contributed by atoms with Gasteiger partial charge in [0.15, 0.2) is 6.61 Å². The third-order valence-electron chi connectivity index (χ3n) is 4.59. The second-order valence-corrected chi connectivity index (χ2v) is 8.01. The van der Waals surface area contributed by atoms with Crippen LogP contribution in [0.15, 0.2) is 42.5 Å². The Labute approximate surface area is 193 Å². The zero-order valence-corrected chi connectivity index (χ0v) is 19.5. The number of likely N-dealkylation sites (N-methyl/N-ethyl adjacent to an activating group) is 1. The van der Waals surface area contributed by atoms with Gasteiger partial charge in [-0.1, -0.05) is 48.3 Å². The van der Waals surface area contributed by atoms with Crippen molar-refractivity contribution < 1.29 is 19.1 Å². The molecule has 1 unspecified atom stereocenters. The lowest BCUT2D eigenvalue weighted by Gasteiger charge is -2.21. The maximum Gasteiger partial charge on any atom is 0.259 e. The van der Waals surface area contributed by atoms with Crippen molar-refractivity contribution in [3.05, 3.63) is 58.1 Å². The fourth-order valence-electron chi connectivity index (χ4n) is 2.84. The normalized spacial score (nSPS) is 11.5. The van der Waals surface area contributed by atoms with Crippen molar-refractivity contribution >= 4 is 35.0 Å². The molecule has 0 radical (unpaired) electrons. The van der Waals surface area contributed by atoms with Gasteiger partial charge in [0, 0.05) is 31.1 Å². The van der Waals surface area contributed by atoms with E-state index in [1.165, 1.54) is 4.90 Å². The van der Waals surface area contributed by atoms with Gasteiger partial charge in [0.1, 0.15) is 11.5 Å². The molecule has 0 fully saturated rings. The van der Waals surface area contributed by atoms with E-state index in [1.807, 2.05) is 25.1 Å². The van der Waals surface area contributed by atoms with Gasteiger partial charge in [-0.2, -0.15) is 0 Å². The highest BCUT2D eigenvalue weighted by molar-refractivity contribution is 6.35. The summed E-state index contributed by atoms with van der Waals surface area (Å²) in [6.07, 6.45) is 1.53. The molecular formula is C23H28Cl2N2O4. The molecule has 0 aliphatic rings. The first-order valence-electron chi connectivity index (χ1n) is 10.1. The molecule has 2 rings (SSSR count). The number of ether oxygens (including phenoxy) is 2. The van der Waals surface area contributed by atoms with Crippen LogP contribution in [0.25, 0.3) is 0 Å². The summed E-state index contributed by atoms with van der Waals surface area (Å²) < 4.78 is 11.3. The molecule has 0 spiro atoms. The molecule has 0 aromatic heterocycles. The number of halogens is 2. The number of carbonyl (C=O) groups excluding carboxylic acids is 2. The number of carbonyl (C=O) groups is 2. The van der Waals surface area contributed by atoms with Crippen molar-refractivity contribution in [1.29, 1.82) is 0 Å². The standard InChI is InChI=1S/C23H28Cl2N2O4/c1-4-19(17-8-5-6-9-20(17)31-15-23(29)27(2)3)26-22(28)10-7-13-30-21-12-11-16(24)14-18(21)25/h5-6,8-9,11-12,14,19H,4,7,10,13,15H2,1-3H3,(H,26,28). The summed E-state index contributed by atoms with van der Waals surface area (Å²) >= 11 is 12.0. The van der Waals surface area contributed by atoms with Crippen LogP contribution in [0.4, 0.5) is 0 Å². The number of rotatable bonds is 11.